The van der Waals surface area contributed by atoms with Crippen molar-refractivity contribution < 1.29 is 5.11 Å². The molecule has 2 N–H and O–H groups in total. The lowest BCUT2D eigenvalue weighted by Gasteiger charge is -2.17. The second-order valence-corrected chi connectivity index (χ2v) is 5.00. The molecule has 0 aromatic carbocycles. The van der Waals surface area contributed by atoms with Crippen LogP contribution in [0.3, 0.4) is 0 Å². The number of aryl methyl sites for hydroxylation is 2. The maximum absolute atomic E-state index is 9.10. The maximum Gasteiger partial charge on any atom is 0.137 e. The Morgan fingerprint density at radius 3 is 2.80 bits per heavy atom. The summed E-state index contributed by atoms with van der Waals surface area (Å²) in [5.74, 6) is 0.989. The Balaban J connectivity index is 1.97. The predicted molar refractivity (Wildman–Crippen MR) is 76.5 cm³/mol. The second-order valence-electron chi connectivity index (χ2n) is 5.00. The third-order valence-electron chi connectivity index (χ3n) is 3.38. The summed E-state index contributed by atoms with van der Waals surface area (Å²) in [5, 5.41) is 21.1. The number of aliphatic hydroxyl groups excluding tert-OH is 1. The summed E-state index contributed by atoms with van der Waals surface area (Å²) in [4.78, 5) is 3.93. The van der Waals surface area contributed by atoms with E-state index in [1.54, 1.807) is 12.7 Å². The third kappa shape index (κ3) is 3.36. The van der Waals surface area contributed by atoms with Gasteiger partial charge in [0, 0.05) is 18.2 Å². The lowest BCUT2D eigenvalue weighted by Crippen LogP contribution is -2.21. The average molecular weight is 278 g/mol. The zero-order valence-electron chi connectivity index (χ0n) is 12.2. The summed E-state index contributed by atoms with van der Waals surface area (Å²) in [6, 6.07) is 0.284. The van der Waals surface area contributed by atoms with E-state index in [2.05, 4.69) is 27.4 Å². The molecule has 0 fully saturated rings. The van der Waals surface area contributed by atoms with Crippen molar-refractivity contribution in [2.45, 2.75) is 46.3 Å². The second kappa shape index (κ2) is 6.51. The van der Waals surface area contributed by atoms with E-state index in [4.69, 9.17) is 5.11 Å². The van der Waals surface area contributed by atoms with Gasteiger partial charge >= 0.3 is 0 Å². The van der Waals surface area contributed by atoms with E-state index in [0.29, 0.717) is 6.54 Å². The van der Waals surface area contributed by atoms with Gasteiger partial charge in [0.1, 0.15) is 18.5 Å². The number of anilines is 1. The molecule has 2 aromatic rings. The van der Waals surface area contributed by atoms with Crippen molar-refractivity contribution in [2.24, 2.45) is 0 Å². The van der Waals surface area contributed by atoms with Gasteiger partial charge in [0.05, 0.1) is 18.8 Å². The Morgan fingerprint density at radius 1 is 1.35 bits per heavy atom. The molecule has 2 aromatic heterocycles. The number of aliphatic hydroxyl groups is 1. The minimum Gasteiger partial charge on any atom is -0.394 e. The highest BCUT2D eigenvalue weighted by atomic mass is 16.3. The summed E-state index contributed by atoms with van der Waals surface area (Å²) in [5.41, 5.74) is 2.12. The summed E-state index contributed by atoms with van der Waals surface area (Å²) >= 11 is 0. The van der Waals surface area contributed by atoms with E-state index >= 15 is 0 Å². The largest absolute Gasteiger partial charge is 0.394 e. The molecular formula is C13H22N6O. The van der Waals surface area contributed by atoms with Crippen molar-refractivity contribution in [1.82, 2.24) is 24.5 Å². The summed E-state index contributed by atoms with van der Waals surface area (Å²) in [7, 11) is 0. The molecule has 7 heteroatoms. The minimum absolute atomic E-state index is 0.0859. The molecule has 2 heterocycles. The van der Waals surface area contributed by atoms with Gasteiger partial charge in [0.25, 0.3) is 0 Å². The molecule has 110 valence electrons. The molecule has 0 aliphatic heterocycles. The zero-order chi connectivity index (χ0) is 14.5. The first kappa shape index (κ1) is 14.5. The first-order valence-electron chi connectivity index (χ1n) is 6.85. The first-order valence-corrected chi connectivity index (χ1v) is 6.85. The van der Waals surface area contributed by atoms with Gasteiger partial charge in [0.2, 0.25) is 0 Å². The normalized spacial score (nSPS) is 12.6. The fourth-order valence-corrected chi connectivity index (χ4v) is 2.09. The SMILES string of the molecule is Cc1nn(CCO)c(NC(C)CCn2cncn2)c1C. The monoisotopic (exact) mass is 278 g/mol. The highest BCUT2D eigenvalue weighted by Gasteiger charge is 2.13. The number of hydrogen-bond acceptors (Lipinski definition) is 5. The minimum atomic E-state index is 0.0859. The molecular weight excluding hydrogens is 256 g/mol. The number of nitrogens with zero attached hydrogens (tertiary/aromatic N) is 5. The third-order valence-corrected chi connectivity index (χ3v) is 3.38. The van der Waals surface area contributed by atoms with Gasteiger partial charge in [-0.2, -0.15) is 10.2 Å². The molecule has 0 radical (unpaired) electrons. The highest BCUT2D eigenvalue weighted by molar-refractivity contribution is 5.47. The van der Waals surface area contributed by atoms with Crippen LogP contribution >= 0.6 is 0 Å². The van der Waals surface area contributed by atoms with E-state index in [9.17, 15) is 0 Å². The van der Waals surface area contributed by atoms with Gasteiger partial charge in [-0.15, -0.1) is 0 Å². The van der Waals surface area contributed by atoms with Crippen molar-refractivity contribution in [2.75, 3.05) is 11.9 Å². The van der Waals surface area contributed by atoms with Crippen LogP contribution in [0, 0.1) is 13.8 Å². The van der Waals surface area contributed by atoms with Crippen LogP contribution in [0.1, 0.15) is 24.6 Å². The number of nitrogens with one attached hydrogen (secondary N) is 1. The van der Waals surface area contributed by atoms with Gasteiger partial charge in [-0.25, -0.2) is 9.67 Å². The van der Waals surface area contributed by atoms with Crippen molar-refractivity contribution in [3.8, 4) is 0 Å². The van der Waals surface area contributed by atoms with E-state index in [1.165, 1.54) is 0 Å². The Kier molecular flexibility index (Phi) is 4.73. The lowest BCUT2D eigenvalue weighted by atomic mass is 10.2. The molecule has 0 spiro atoms. The van der Waals surface area contributed by atoms with Crippen LogP contribution in [0.5, 0.6) is 0 Å². The smallest absolute Gasteiger partial charge is 0.137 e. The van der Waals surface area contributed by atoms with Crippen LogP contribution in [-0.4, -0.2) is 42.3 Å². The van der Waals surface area contributed by atoms with Gasteiger partial charge in [-0.3, -0.25) is 4.68 Å². The summed E-state index contributed by atoms with van der Waals surface area (Å²) < 4.78 is 3.65. The van der Waals surface area contributed by atoms with Gasteiger partial charge < -0.3 is 10.4 Å². The van der Waals surface area contributed by atoms with E-state index in [-0.39, 0.29) is 12.6 Å². The quantitative estimate of drug-likeness (QED) is 0.789. The standard InChI is InChI=1S/C13H22N6O/c1-10(4-5-18-9-14-8-15-18)16-13-11(2)12(3)17-19(13)6-7-20/h8-10,16,20H,4-7H2,1-3H3. The highest BCUT2D eigenvalue weighted by Crippen LogP contribution is 2.19. The Morgan fingerprint density at radius 2 is 2.15 bits per heavy atom. The number of rotatable bonds is 7. The number of aromatic nitrogens is 5. The molecule has 0 saturated heterocycles. The van der Waals surface area contributed by atoms with E-state index in [1.807, 2.05) is 23.2 Å². The molecule has 1 atom stereocenters. The van der Waals surface area contributed by atoms with Crippen molar-refractivity contribution in [3.63, 3.8) is 0 Å². The average Bonchev–Trinajstić information content (AvgIpc) is 3.02. The molecule has 7 nitrogen and oxygen atoms in total. The van der Waals surface area contributed by atoms with Crippen molar-refractivity contribution in [3.05, 3.63) is 23.9 Å². The Labute approximate surface area is 118 Å². The number of hydrogen-bond donors (Lipinski definition) is 2. The molecule has 0 saturated carbocycles. The Bertz CT molecular complexity index is 533. The van der Waals surface area contributed by atoms with Crippen LogP contribution in [0.4, 0.5) is 5.82 Å². The molecule has 0 bridgehead atoms. The van der Waals surface area contributed by atoms with Crippen molar-refractivity contribution >= 4 is 5.82 Å². The van der Waals surface area contributed by atoms with Crippen LogP contribution in [-0.2, 0) is 13.1 Å². The van der Waals surface area contributed by atoms with Crippen LogP contribution < -0.4 is 5.32 Å². The topological polar surface area (TPSA) is 80.8 Å². The van der Waals surface area contributed by atoms with Crippen LogP contribution in [0.2, 0.25) is 0 Å². The molecule has 2 rings (SSSR count). The van der Waals surface area contributed by atoms with Crippen LogP contribution in [0.25, 0.3) is 0 Å². The molecule has 1 unspecified atom stereocenters. The zero-order valence-corrected chi connectivity index (χ0v) is 12.2. The lowest BCUT2D eigenvalue weighted by molar-refractivity contribution is 0.270. The fraction of sp³-hybridized carbons (Fsp3) is 0.615. The van der Waals surface area contributed by atoms with Gasteiger partial charge in [0.15, 0.2) is 0 Å². The van der Waals surface area contributed by atoms with Crippen molar-refractivity contribution in [1.29, 1.82) is 0 Å². The summed E-state index contributed by atoms with van der Waals surface area (Å²) in [6.07, 6.45) is 4.20. The molecule has 0 aliphatic carbocycles. The maximum atomic E-state index is 9.10. The van der Waals surface area contributed by atoms with Gasteiger partial charge in [-0.05, 0) is 27.2 Å². The van der Waals surface area contributed by atoms with E-state index < -0.39 is 0 Å². The Hall–Kier alpha value is -1.89. The summed E-state index contributed by atoms with van der Waals surface area (Å²) in [6.45, 7) is 7.56. The molecule has 20 heavy (non-hydrogen) atoms. The van der Waals surface area contributed by atoms with Crippen LogP contribution in [0.15, 0.2) is 12.7 Å². The molecule has 0 aliphatic rings. The molecule has 0 amide bonds. The fourth-order valence-electron chi connectivity index (χ4n) is 2.09. The first-order chi connectivity index (χ1) is 9.61. The van der Waals surface area contributed by atoms with Gasteiger partial charge in [-0.1, -0.05) is 0 Å². The van der Waals surface area contributed by atoms with E-state index in [0.717, 1.165) is 30.0 Å². The predicted octanol–water partition coefficient (Wildman–Crippen LogP) is 0.974.